The molecule has 1 atom stereocenters. The smallest absolute Gasteiger partial charge is 0.244 e. The number of rotatable bonds is 6. The zero-order valence-corrected chi connectivity index (χ0v) is 14.8. The van der Waals surface area contributed by atoms with E-state index in [0.717, 1.165) is 5.56 Å². The molecule has 1 heterocycles. The first-order chi connectivity index (χ1) is 13.1. The van der Waals surface area contributed by atoms with Crippen LogP contribution in [0, 0.1) is 5.82 Å². The second-order valence-corrected chi connectivity index (χ2v) is 5.95. The van der Waals surface area contributed by atoms with Crippen LogP contribution in [0.5, 0.6) is 11.5 Å². The van der Waals surface area contributed by atoms with Gasteiger partial charge in [0.25, 0.3) is 0 Å². The van der Waals surface area contributed by atoms with Crippen LogP contribution in [0.3, 0.4) is 0 Å². The SMILES string of the molecule is CC(NC(=O)C=Cc1ccccc1F)c1cccc(Oc2cccnc2)c1. The molecule has 3 rings (SSSR count). The summed E-state index contributed by atoms with van der Waals surface area (Å²) in [5.41, 5.74) is 1.26. The molecule has 0 bridgehead atoms. The summed E-state index contributed by atoms with van der Waals surface area (Å²) in [6.45, 7) is 1.87. The Labute approximate surface area is 157 Å². The summed E-state index contributed by atoms with van der Waals surface area (Å²) >= 11 is 0. The molecule has 1 amide bonds. The molecule has 0 radical (unpaired) electrons. The number of amides is 1. The van der Waals surface area contributed by atoms with Crippen molar-refractivity contribution in [3.8, 4) is 11.5 Å². The number of ether oxygens (including phenoxy) is 1. The standard InChI is InChI=1S/C22H19FN2O2/c1-16(25-22(26)12-11-17-6-2-3-10-21(17)23)18-7-4-8-19(14-18)27-20-9-5-13-24-15-20/h2-16H,1H3,(H,25,26). The normalized spacial score (nSPS) is 11.9. The summed E-state index contributed by atoms with van der Waals surface area (Å²) in [5, 5.41) is 2.86. The quantitative estimate of drug-likeness (QED) is 0.634. The molecular formula is C22H19FN2O2. The fourth-order valence-corrected chi connectivity index (χ4v) is 2.51. The summed E-state index contributed by atoms with van der Waals surface area (Å²) in [7, 11) is 0. The van der Waals surface area contributed by atoms with E-state index >= 15 is 0 Å². The van der Waals surface area contributed by atoms with Crippen LogP contribution in [-0.2, 0) is 4.79 Å². The number of carbonyl (C=O) groups is 1. The van der Waals surface area contributed by atoms with Crippen LogP contribution in [0.2, 0.25) is 0 Å². The van der Waals surface area contributed by atoms with Gasteiger partial charge < -0.3 is 10.1 Å². The molecular weight excluding hydrogens is 343 g/mol. The fraction of sp³-hybridized carbons (Fsp3) is 0.0909. The highest BCUT2D eigenvalue weighted by Crippen LogP contribution is 2.24. The Kier molecular flexibility index (Phi) is 5.94. The van der Waals surface area contributed by atoms with E-state index in [1.165, 1.54) is 18.2 Å². The summed E-state index contributed by atoms with van der Waals surface area (Å²) in [5.74, 6) is 0.627. The van der Waals surface area contributed by atoms with Crippen LogP contribution in [0.25, 0.3) is 6.08 Å². The fourth-order valence-electron chi connectivity index (χ4n) is 2.51. The Morgan fingerprint density at radius 2 is 1.93 bits per heavy atom. The number of hydrogen-bond donors (Lipinski definition) is 1. The molecule has 1 N–H and O–H groups in total. The summed E-state index contributed by atoms with van der Waals surface area (Å²) in [4.78, 5) is 16.1. The topological polar surface area (TPSA) is 51.2 Å². The minimum absolute atomic E-state index is 0.236. The summed E-state index contributed by atoms with van der Waals surface area (Å²) in [6.07, 6.45) is 6.09. The molecule has 0 saturated heterocycles. The van der Waals surface area contributed by atoms with E-state index in [0.29, 0.717) is 17.1 Å². The third-order valence-corrected chi connectivity index (χ3v) is 3.91. The zero-order valence-electron chi connectivity index (χ0n) is 14.8. The Bertz CT molecular complexity index is 942. The Morgan fingerprint density at radius 1 is 1.11 bits per heavy atom. The number of pyridine rings is 1. The second-order valence-electron chi connectivity index (χ2n) is 5.95. The first kappa shape index (κ1) is 18.3. The molecule has 136 valence electrons. The third kappa shape index (κ3) is 5.25. The van der Waals surface area contributed by atoms with Gasteiger partial charge in [-0.3, -0.25) is 9.78 Å². The van der Waals surface area contributed by atoms with E-state index in [-0.39, 0.29) is 17.8 Å². The van der Waals surface area contributed by atoms with Gasteiger partial charge in [0.05, 0.1) is 12.2 Å². The van der Waals surface area contributed by atoms with Gasteiger partial charge in [0.15, 0.2) is 0 Å². The molecule has 0 fully saturated rings. The molecule has 27 heavy (non-hydrogen) atoms. The lowest BCUT2D eigenvalue weighted by molar-refractivity contribution is -0.117. The zero-order chi connectivity index (χ0) is 19.1. The van der Waals surface area contributed by atoms with Crippen molar-refractivity contribution >= 4 is 12.0 Å². The van der Waals surface area contributed by atoms with Gasteiger partial charge in [0.2, 0.25) is 5.91 Å². The monoisotopic (exact) mass is 362 g/mol. The molecule has 0 saturated carbocycles. The number of hydrogen-bond acceptors (Lipinski definition) is 3. The number of aromatic nitrogens is 1. The third-order valence-electron chi connectivity index (χ3n) is 3.91. The van der Waals surface area contributed by atoms with Crippen molar-refractivity contribution in [3.63, 3.8) is 0 Å². The number of halogens is 1. The van der Waals surface area contributed by atoms with Crippen LogP contribution < -0.4 is 10.1 Å². The molecule has 3 aromatic rings. The van der Waals surface area contributed by atoms with Crippen molar-refractivity contribution in [1.82, 2.24) is 10.3 Å². The van der Waals surface area contributed by atoms with Crippen molar-refractivity contribution in [2.24, 2.45) is 0 Å². The van der Waals surface area contributed by atoms with Crippen molar-refractivity contribution in [1.29, 1.82) is 0 Å². The molecule has 0 aliphatic carbocycles. The maximum absolute atomic E-state index is 13.6. The highest BCUT2D eigenvalue weighted by atomic mass is 19.1. The van der Waals surface area contributed by atoms with E-state index in [9.17, 15) is 9.18 Å². The molecule has 4 nitrogen and oxygen atoms in total. The van der Waals surface area contributed by atoms with E-state index in [1.54, 1.807) is 36.7 Å². The van der Waals surface area contributed by atoms with Gasteiger partial charge in [-0.25, -0.2) is 4.39 Å². The first-order valence-corrected chi connectivity index (χ1v) is 8.53. The largest absolute Gasteiger partial charge is 0.456 e. The minimum atomic E-state index is -0.366. The van der Waals surface area contributed by atoms with Gasteiger partial charge in [-0.05, 0) is 48.9 Å². The van der Waals surface area contributed by atoms with E-state index in [1.807, 2.05) is 37.3 Å². The van der Waals surface area contributed by atoms with Crippen molar-refractivity contribution in [2.45, 2.75) is 13.0 Å². The van der Waals surface area contributed by atoms with Crippen LogP contribution in [0.15, 0.2) is 79.1 Å². The lowest BCUT2D eigenvalue weighted by Gasteiger charge is -2.14. The highest BCUT2D eigenvalue weighted by Gasteiger charge is 2.09. The minimum Gasteiger partial charge on any atom is -0.456 e. The van der Waals surface area contributed by atoms with Crippen molar-refractivity contribution < 1.29 is 13.9 Å². The number of benzene rings is 2. The van der Waals surface area contributed by atoms with Crippen molar-refractivity contribution in [3.05, 3.63) is 96.1 Å². The number of nitrogens with one attached hydrogen (secondary N) is 1. The average Bonchev–Trinajstić information content (AvgIpc) is 2.68. The summed E-state index contributed by atoms with van der Waals surface area (Å²) < 4.78 is 19.4. The number of carbonyl (C=O) groups excluding carboxylic acids is 1. The summed E-state index contributed by atoms with van der Waals surface area (Å²) in [6, 6.07) is 17.1. The molecule has 1 unspecified atom stereocenters. The Balaban J connectivity index is 1.63. The van der Waals surface area contributed by atoms with Gasteiger partial charge in [0, 0.05) is 17.8 Å². The van der Waals surface area contributed by atoms with Crippen LogP contribution >= 0.6 is 0 Å². The molecule has 1 aromatic heterocycles. The molecule has 2 aromatic carbocycles. The van der Waals surface area contributed by atoms with Crippen LogP contribution in [0.1, 0.15) is 24.1 Å². The molecule has 0 spiro atoms. The van der Waals surface area contributed by atoms with Gasteiger partial charge in [-0.15, -0.1) is 0 Å². The predicted molar refractivity (Wildman–Crippen MR) is 103 cm³/mol. The van der Waals surface area contributed by atoms with Crippen LogP contribution in [-0.4, -0.2) is 10.9 Å². The first-order valence-electron chi connectivity index (χ1n) is 8.53. The number of nitrogens with zero attached hydrogens (tertiary/aromatic N) is 1. The van der Waals surface area contributed by atoms with Gasteiger partial charge >= 0.3 is 0 Å². The van der Waals surface area contributed by atoms with Gasteiger partial charge in [0.1, 0.15) is 17.3 Å². The maximum Gasteiger partial charge on any atom is 0.244 e. The lowest BCUT2D eigenvalue weighted by atomic mass is 10.1. The predicted octanol–water partition coefficient (Wildman–Crippen LogP) is 4.90. The highest BCUT2D eigenvalue weighted by molar-refractivity contribution is 5.92. The molecule has 0 aliphatic rings. The van der Waals surface area contributed by atoms with E-state index in [2.05, 4.69) is 10.3 Å². The second kappa shape index (κ2) is 8.76. The van der Waals surface area contributed by atoms with Crippen molar-refractivity contribution in [2.75, 3.05) is 0 Å². The average molecular weight is 362 g/mol. The Hall–Kier alpha value is -3.47. The van der Waals surface area contributed by atoms with E-state index < -0.39 is 0 Å². The maximum atomic E-state index is 13.6. The van der Waals surface area contributed by atoms with Gasteiger partial charge in [-0.1, -0.05) is 30.3 Å². The van der Waals surface area contributed by atoms with E-state index in [4.69, 9.17) is 4.74 Å². The van der Waals surface area contributed by atoms with Gasteiger partial charge in [-0.2, -0.15) is 0 Å². The molecule has 0 aliphatic heterocycles. The Morgan fingerprint density at radius 3 is 2.70 bits per heavy atom. The molecule has 5 heteroatoms. The van der Waals surface area contributed by atoms with Crippen LogP contribution in [0.4, 0.5) is 4.39 Å². The lowest BCUT2D eigenvalue weighted by Crippen LogP contribution is -2.24.